The number of carbonyl (C=O) groups excluding carboxylic acids is 1. The molecular formula is C23H25N3O5S. The van der Waals surface area contributed by atoms with E-state index in [-0.39, 0.29) is 37.0 Å². The molecule has 1 amide bonds. The standard InChI is InChI=1S/C23H25N3O5S/c1-16-13-17-5-4-6-21(22(17)24-15-16)32(28,29)26-11-9-25(10-12-26)23(27)19-8-7-18(30-2)14-20(19)31-3/h4-8,13-15H,9-12H2,1-3H3. The fraction of sp³-hybridized carbons (Fsp3) is 0.304. The summed E-state index contributed by atoms with van der Waals surface area (Å²) < 4.78 is 38.6. The molecule has 2 heterocycles. The summed E-state index contributed by atoms with van der Waals surface area (Å²) in [6.07, 6.45) is 1.67. The van der Waals surface area contributed by atoms with Crippen LogP contribution in [0.5, 0.6) is 11.5 Å². The second kappa shape index (κ2) is 8.76. The second-order valence-corrected chi connectivity index (χ2v) is 9.51. The maximum absolute atomic E-state index is 13.4. The van der Waals surface area contributed by atoms with E-state index in [2.05, 4.69) is 4.98 Å². The van der Waals surface area contributed by atoms with Gasteiger partial charge >= 0.3 is 0 Å². The number of aryl methyl sites for hydroxylation is 1. The van der Waals surface area contributed by atoms with Crippen molar-refractivity contribution in [3.05, 3.63) is 59.8 Å². The van der Waals surface area contributed by atoms with Crippen molar-refractivity contribution in [2.75, 3.05) is 40.4 Å². The predicted octanol–water partition coefficient (Wildman–Crippen LogP) is 2.71. The average Bonchev–Trinajstić information content (AvgIpc) is 2.82. The minimum absolute atomic E-state index is 0.187. The summed E-state index contributed by atoms with van der Waals surface area (Å²) in [7, 11) is -0.705. The highest BCUT2D eigenvalue weighted by Crippen LogP contribution is 2.28. The number of carbonyl (C=O) groups is 1. The van der Waals surface area contributed by atoms with Crippen molar-refractivity contribution in [1.82, 2.24) is 14.2 Å². The Kier molecular flexibility index (Phi) is 6.03. The van der Waals surface area contributed by atoms with Crippen LogP contribution in [0.15, 0.2) is 53.6 Å². The number of methoxy groups -OCH3 is 2. The first-order valence-electron chi connectivity index (χ1n) is 10.2. The van der Waals surface area contributed by atoms with Crippen molar-refractivity contribution in [2.45, 2.75) is 11.8 Å². The molecule has 1 fully saturated rings. The topological polar surface area (TPSA) is 89.0 Å². The van der Waals surface area contributed by atoms with Gasteiger partial charge in [-0.25, -0.2) is 8.42 Å². The molecule has 8 nitrogen and oxygen atoms in total. The monoisotopic (exact) mass is 455 g/mol. The molecule has 32 heavy (non-hydrogen) atoms. The van der Waals surface area contributed by atoms with Crippen molar-refractivity contribution >= 4 is 26.8 Å². The van der Waals surface area contributed by atoms with Crippen molar-refractivity contribution < 1.29 is 22.7 Å². The molecule has 1 saturated heterocycles. The normalized spacial score (nSPS) is 15.0. The number of hydrogen-bond donors (Lipinski definition) is 0. The van der Waals surface area contributed by atoms with Gasteiger partial charge in [-0.15, -0.1) is 0 Å². The molecule has 4 rings (SSSR count). The fourth-order valence-electron chi connectivity index (χ4n) is 3.87. The van der Waals surface area contributed by atoms with Gasteiger partial charge in [-0.2, -0.15) is 4.31 Å². The minimum Gasteiger partial charge on any atom is -0.497 e. The second-order valence-electron chi connectivity index (χ2n) is 7.60. The summed E-state index contributed by atoms with van der Waals surface area (Å²) in [6, 6.07) is 12.1. The van der Waals surface area contributed by atoms with Crippen LogP contribution in [0.3, 0.4) is 0 Å². The highest BCUT2D eigenvalue weighted by molar-refractivity contribution is 7.89. The summed E-state index contributed by atoms with van der Waals surface area (Å²) in [4.78, 5) is 19.2. The van der Waals surface area contributed by atoms with Gasteiger partial charge in [0.15, 0.2) is 0 Å². The number of amides is 1. The zero-order chi connectivity index (χ0) is 22.9. The number of ether oxygens (including phenoxy) is 2. The predicted molar refractivity (Wildman–Crippen MR) is 121 cm³/mol. The Morgan fingerprint density at radius 1 is 1.00 bits per heavy atom. The Bertz CT molecular complexity index is 1270. The van der Waals surface area contributed by atoms with Crippen LogP contribution in [-0.2, 0) is 10.0 Å². The molecule has 0 spiro atoms. The SMILES string of the molecule is COc1ccc(C(=O)N2CCN(S(=O)(=O)c3cccc4cc(C)cnc34)CC2)c(OC)c1. The Morgan fingerprint density at radius 2 is 1.75 bits per heavy atom. The van der Waals surface area contributed by atoms with E-state index in [9.17, 15) is 13.2 Å². The quantitative estimate of drug-likeness (QED) is 0.588. The zero-order valence-electron chi connectivity index (χ0n) is 18.2. The van der Waals surface area contributed by atoms with Crippen LogP contribution in [0.2, 0.25) is 0 Å². The van der Waals surface area contributed by atoms with E-state index in [1.165, 1.54) is 11.4 Å². The molecule has 0 bridgehead atoms. The Morgan fingerprint density at radius 3 is 2.44 bits per heavy atom. The lowest BCUT2D eigenvalue weighted by molar-refractivity contribution is 0.0694. The number of sulfonamides is 1. The Balaban J connectivity index is 1.53. The molecule has 0 unspecified atom stereocenters. The number of fused-ring (bicyclic) bond motifs is 1. The van der Waals surface area contributed by atoms with Gasteiger partial charge in [0, 0.05) is 43.8 Å². The number of para-hydroxylation sites is 1. The van der Waals surface area contributed by atoms with Crippen LogP contribution in [0.1, 0.15) is 15.9 Å². The van der Waals surface area contributed by atoms with Crippen LogP contribution in [0.4, 0.5) is 0 Å². The Hall–Kier alpha value is -3.17. The summed E-state index contributed by atoms with van der Waals surface area (Å²) in [5.41, 5.74) is 1.84. The third-order valence-corrected chi connectivity index (χ3v) is 7.52. The van der Waals surface area contributed by atoms with E-state index in [1.807, 2.05) is 19.1 Å². The highest BCUT2D eigenvalue weighted by atomic mass is 32.2. The van der Waals surface area contributed by atoms with E-state index in [1.54, 1.807) is 48.5 Å². The molecule has 0 aliphatic carbocycles. The van der Waals surface area contributed by atoms with Crippen LogP contribution in [0, 0.1) is 6.92 Å². The van der Waals surface area contributed by atoms with E-state index in [0.29, 0.717) is 22.6 Å². The molecule has 1 aliphatic heterocycles. The van der Waals surface area contributed by atoms with Crippen molar-refractivity contribution in [1.29, 1.82) is 0 Å². The van der Waals surface area contributed by atoms with Crippen LogP contribution >= 0.6 is 0 Å². The Labute approximate surface area is 187 Å². The van der Waals surface area contributed by atoms with Crippen LogP contribution in [-0.4, -0.2) is 68.9 Å². The summed E-state index contributed by atoms with van der Waals surface area (Å²) in [5, 5.41) is 0.784. The number of nitrogens with zero attached hydrogens (tertiary/aromatic N) is 3. The molecule has 0 radical (unpaired) electrons. The number of piperazine rings is 1. The molecule has 3 aromatic rings. The smallest absolute Gasteiger partial charge is 0.257 e. The van der Waals surface area contributed by atoms with E-state index < -0.39 is 10.0 Å². The van der Waals surface area contributed by atoms with Gasteiger partial charge in [0.25, 0.3) is 5.91 Å². The van der Waals surface area contributed by atoms with Gasteiger partial charge < -0.3 is 14.4 Å². The molecule has 9 heteroatoms. The number of hydrogen-bond acceptors (Lipinski definition) is 6. The maximum atomic E-state index is 13.4. The van der Waals surface area contributed by atoms with Crippen LogP contribution in [0.25, 0.3) is 10.9 Å². The van der Waals surface area contributed by atoms with E-state index >= 15 is 0 Å². The van der Waals surface area contributed by atoms with Gasteiger partial charge in [0.2, 0.25) is 10.0 Å². The first-order valence-corrected chi connectivity index (χ1v) is 11.7. The summed E-state index contributed by atoms with van der Waals surface area (Å²) in [6.45, 7) is 2.89. The largest absolute Gasteiger partial charge is 0.497 e. The van der Waals surface area contributed by atoms with Gasteiger partial charge in [0.1, 0.15) is 16.4 Å². The minimum atomic E-state index is -3.75. The zero-order valence-corrected chi connectivity index (χ0v) is 19.1. The number of benzene rings is 2. The lowest BCUT2D eigenvalue weighted by atomic mass is 10.1. The lowest BCUT2D eigenvalue weighted by Crippen LogP contribution is -2.50. The molecule has 1 aliphatic rings. The van der Waals surface area contributed by atoms with Gasteiger partial charge in [0.05, 0.1) is 25.3 Å². The van der Waals surface area contributed by atoms with Crippen molar-refractivity contribution in [3.8, 4) is 11.5 Å². The molecule has 0 atom stereocenters. The van der Waals surface area contributed by atoms with Gasteiger partial charge in [-0.3, -0.25) is 9.78 Å². The maximum Gasteiger partial charge on any atom is 0.257 e. The van der Waals surface area contributed by atoms with Crippen molar-refractivity contribution in [2.24, 2.45) is 0 Å². The molecule has 0 N–H and O–H groups in total. The first kappa shape index (κ1) is 22.0. The third-order valence-electron chi connectivity index (χ3n) is 5.59. The first-order chi connectivity index (χ1) is 15.3. The molecule has 0 saturated carbocycles. The molecule has 1 aromatic heterocycles. The molecule has 2 aromatic carbocycles. The highest BCUT2D eigenvalue weighted by Gasteiger charge is 2.32. The number of rotatable bonds is 5. The molecular weight excluding hydrogens is 430 g/mol. The third kappa shape index (κ3) is 4.01. The van der Waals surface area contributed by atoms with E-state index in [0.717, 1.165) is 10.9 Å². The van der Waals surface area contributed by atoms with Crippen molar-refractivity contribution in [3.63, 3.8) is 0 Å². The number of aromatic nitrogens is 1. The lowest BCUT2D eigenvalue weighted by Gasteiger charge is -2.34. The molecule has 168 valence electrons. The fourth-order valence-corrected chi connectivity index (χ4v) is 5.45. The van der Waals surface area contributed by atoms with Gasteiger partial charge in [-0.05, 0) is 36.8 Å². The van der Waals surface area contributed by atoms with Crippen LogP contribution < -0.4 is 9.47 Å². The number of pyridine rings is 1. The van der Waals surface area contributed by atoms with E-state index in [4.69, 9.17) is 9.47 Å². The summed E-state index contributed by atoms with van der Waals surface area (Å²) in [5.74, 6) is 0.804. The average molecular weight is 456 g/mol. The summed E-state index contributed by atoms with van der Waals surface area (Å²) >= 11 is 0. The van der Waals surface area contributed by atoms with Gasteiger partial charge in [-0.1, -0.05) is 12.1 Å².